The van der Waals surface area contributed by atoms with E-state index < -0.39 is 6.16 Å². The molecule has 0 radical (unpaired) electrons. The Morgan fingerprint density at radius 2 is 1.83 bits per heavy atom. The van der Waals surface area contributed by atoms with Crippen LogP contribution in [0.25, 0.3) is 10.4 Å². The molecule has 0 aliphatic heterocycles. The van der Waals surface area contributed by atoms with Crippen molar-refractivity contribution in [2.75, 3.05) is 4.90 Å². The second-order valence-corrected chi connectivity index (χ2v) is 8.72. The predicted molar refractivity (Wildman–Crippen MR) is 120 cm³/mol. The molecule has 1 N–H and O–H groups in total. The van der Waals surface area contributed by atoms with Crippen LogP contribution in [-0.2, 0) is 0 Å². The quantitative estimate of drug-likeness (QED) is 0.390. The number of carboxylic acid groups (broad SMARTS) is 1. The minimum Gasteiger partial charge on any atom is -0.449 e. The van der Waals surface area contributed by atoms with Gasteiger partial charge in [-0.25, -0.2) is 4.79 Å². The molecule has 150 valence electrons. The van der Waals surface area contributed by atoms with Gasteiger partial charge in [-0.05, 0) is 59.6 Å². The molecule has 1 aromatic heterocycles. The Hall–Kier alpha value is -2.35. The minimum absolute atomic E-state index is 0.142. The summed E-state index contributed by atoms with van der Waals surface area (Å²) in [6, 6.07) is 15.9. The van der Waals surface area contributed by atoms with E-state index >= 15 is 0 Å². The molecule has 0 atom stereocenters. The highest BCUT2D eigenvalue weighted by Crippen LogP contribution is 2.44. The number of halogens is 2. The average Bonchev–Trinajstić information content (AvgIpc) is 3.05. The Bertz CT molecular complexity index is 1050. The lowest BCUT2D eigenvalue weighted by Gasteiger charge is -2.27. The van der Waals surface area contributed by atoms with Crippen LogP contribution >= 0.6 is 38.9 Å². The number of nitrogens with zero attached hydrogens (tertiary/aromatic N) is 1. The third-order valence-corrected chi connectivity index (χ3v) is 6.02. The van der Waals surface area contributed by atoms with Gasteiger partial charge in [-0.1, -0.05) is 53.3 Å². The van der Waals surface area contributed by atoms with Gasteiger partial charge in [0.2, 0.25) is 5.06 Å². The van der Waals surface area contributed by atoms with Crippen molar-refractivity contribution in [3.63, 3.8) is 0 Å². The van der Waals surface area contributed by atoms with Crippen LogP contribution < -0.4 is 9.64 Å². The molecule has 5 nitrogen and oxygen atoms in total. The molecule has 3 aromatic rings. The van der Waals surface area contributed by atoms with E-state index in [1.807, 2.05) is 44.2 Å². The Balaban J connectivity index is 2.11. The number of carbonyl (C=O) groups is 2. The molecular formula is C21H17BrClNO4S. The average molecular weight is 495 g/mol. The van der Waals surface area contributed by atoms with Gasteiger partial charge in [-0.15, -0.1) is 0 Å². The van der Waals surface area contributed by atoms with Gasteiger partial charge < -0.3 is 14.7 Å². The number of carbonyl (C=O) groups excluding carboxylic acids is 1. The summed E-state index contributed by atoms with van der Waals surface area (Å²) in [5.74, 6) is -0.295. The fourth-order valence-corrected chi connectivity index (χ4v) is 4.70. The lowest BCUT2D eigenvalue weighted by atomic mass is 10.1. The van der Waals surface area contributed by atoms with Crippen LogP contribution in [0.4, 0.5) is 10.5 Å². The number of ether oxygens (including phenoxy) is 1. The fraction of sp³-hybridized carbons (Fsp3) is 0.143. The van der Waals surface area contributed by atoms with Crippen LogP contribution in [0.1, 0.15) is 24.2 Å². The molecule has 2 aromatic carbocycles. The topological polar surface area (TPSA) is 66.8 Å². The molecule has 1 amide bonds. The van der Waals surface area contributed by atoms with Gasteiger partial charge in [0, 0.05) is 20.4 Å². The third-order valence-electron chi connectivity index (χ3n) is 4.07. The first-order chi connectivity index (χ1) is 13.8. The highest BCUT2D eigenvalue weighted by atomic mass is 79.9. The summed E-state index contributed by atoms with van der Waals surface area (Å²) in [6.07, 6.45) is -1.43. The molecule has 0 spiro atoms. The van der Waals surface area contributed by atoms with Crippen molar-refractivity contribution in [3.05, 3.63) is 69.7 Å². The third kappa shape index (κ3) is 4.80. The zero-order valence-electron chi connectivity index (χ0n) is 15.6. The van der Waals surface area contributed by atoms with E-state index in [0.29, 0.717) is 20.7 Å². The number of amides is 1. The fourth-order valence-electron chi connectivity index (χ4n) is 2.84. The second-order valence-electron chi connectivity index (χ2n) is 6.41. The summed E-state index contributed by atoms with van der Waals surface area (Å²) >= 11 is 10.6. The van der Waals surface area contributed by atoms with Gasteiger partial charge in [0.1, 0.15) is 0 Å². The smallest absolute Gasteiger partial charge is 0.449 e. The molecule has 8 heteroatoms. The van der Waals surface area contributed by atoms with E-state index in [2.05, 4.69) is 15.9 Å². The summed E-state index contributed by atoms with van der Waals surface area (Å²) in [7, 11) is 0. The highest BCUT2D eigenvalue weighted by molar-refractivity contribution is 9.10. The van der Waals surface area contributed by atoms with E-state index in [9.17, 15) is 14.7 Å². The molecule has 0 unspecified atom stereocenters. The maximum Gasteiger partial charge on any atom is 0.512 e. The van der Waals surface area contributed by atoms with Crippen LogP contribution in [-0.4, -0.2) is 23.2 Å². The van der Waals surface area contributed by atoms with Gasteiger partial charge in [-0.3, -0.25) is 4.79 Å². The van der Waals surface area contributed by atoms with Crippen molar-refractivity contribution in [2.45, 2.75) is 19.9 Å². The number of benzene rings is 2. The number of rotatable bonds is 5. The van der Waals surface area contributed by atoms with Gasteiger partial charge >= 0.3 is 6.16 Å². The normalized spacial score (nSPS) is 10.8. The Kier molecular flexibility index (Phi) is 6.62. The minimum atomic E-state index is -1.43. The first-order valence-electron chi connectivity index (χ1n) is 8.66. The van der Waals surface area contributed by atoms with E-state index in [1.54, 1.807) is 24.3 Å². The van der Waals surface area contributed by atoms with Crippen molar-refractivity contribution in [3.8, 4) is 15.5 Å². The SMILES string of the molecule is CC(C)N(C(=O)c1ccc(Cl)cc1Br)c1cc(-c2ccccc2)sc1OC(=O)O. The standard InChI is InChI=1S/C21H17BrClNO4S/c1-12(2)24(19(25)15-9-8-14(23)10-16(15)22)17-11-18(13-6-4-3-5-7-13)29-20(17)28-21(26)27/h3-12H,1-2H3,(H,26,27). The summed E-state index contributed by atoms with van der Waals surface area (Å²) in [5.41, 5.74) is 1.72. The van der Waals surface area contributed by atoms with Crippen molar-refractivity contribution in [1.29, 1.82) is 0 Å². The van der Waals surface area contributed by atoms with Gasteiger partial charge in [0.05, 0.1) is 11.3 Å². The molecule has 1 heterocycles. The van der Waals surface area contributed by atoms with Crippen LogP contribution in [0.5, 0.6) is 5.06 Å². The Morgan fingerprint density at radius 1 is 1.14 bits per heavy atom. The molecular weight excluding hydrogens is 478 g/mol. The van der Waals surface area contributed by atoms with Crippen LogP contribution in [0, 0.1) is 0 Å². The Morgan fingerprint density at radius 3 is 2.41 bits per heavy atom. The first kappa shape index (κ1) is 21.4. The van der Waals surface area contributed by atoms with Gasteiger partial charge in [0.25, 0.3) is 5.91 Å². The van der Waals surface area contributed by atoms with E-state index in [-0.39, 0.29) is 17.0 Å². The zero-order valence-corrected chi connectivity index (χ0v) is 18.7. The maximum absolute atomic E-state index is 13.4. The molecule has 0 saturated heterocycles. The van der Waals surface area contributed by atoms with Crippen molar-refractivity contribution >= 4 is 56.6 Å². The van der Waals surface area contributed by atoms with Crippen LogP contribution in [0.3, 0.4) is 0 Å². The number of anilines is 1. The summed E-state index contributed by atoms with van der Waals surface area (Å²) < 4.78 is 5.58. The lowest BCUT2D eigenvalue weighted by Crippen LogP contribution is -2.37. The predicted octanol–water partition coefficient (Wildman–Crippen LogP) is 6.94. The molecule has 0 aliphatic rings. The van der Waals surface area contributed by atoms with E-state index in [4.69, 9.17) is 16.3 Å². The summed E-state index contributed by atoms with van der Waals surface area (Å²) in [4.78, 5) is 26.9. The second kappa shape index (κ2) is 8.98. The van der Waals surface area contributed by atoms with Crippen molar-refractivity contribution < 1.29 is 19.4 Å². The number of thiophene rings is 1. The van der Waals surface area contributed by atoms with Crippen LogP contribution in [0.15, 0.2) is 59.1 Å². The maximum atomic E-state index is 13.4. The molecule has 29 heavy (non-hydrogen) atoms. The van der Waals surface area contributed by atoms with E-state index in [0.717, 1.165) is 10.4 Å². The number of hydrogen-bond acceptors (Lipinski definition) is 4. The zero-order chi connectivity index (χ0) is 21.1. The molecule has 0 aliphatic carbocycles. The molecule has 0 saturated carbocycles. The van der Waals surface area contributed by atoms with Crippen molar-refractivity contribution in [2.24, 2.45) is 0 Å². The summed E-state index contributed by atoms with van der Waals surface area (Å²) in [6.45, 7) is 3.71. The monoisotopic (exact) mass is 493 g/mol. The lowest BCUT2D eigenvalue weighted by molar-refractivity contribution is 0.0977. The highest BCUT2D eigenvalue weighted by Gasteiger charge is 2.28. The van der Waals surface area contributed by atoms with E-state index in [1.165, 1.54) is 16.2 Å². The van der Waals surface area contributed by atoms with Gasteiger partial charge in [0.15, 0.2) is 0 Å². The largest absolute Gasteiger partial charge is 0.512 e. The van der Waals surface area contributed by atoms with Crippen molar-refractivity contribution in [1.82, 2.24) is 0 Å². The molecule has 0 bridgehead atoms. The van der Waals surface area contributed by atoms with Crippen LogP contribution in [0.2, 0.25) is 5.02 Å². The molecule has 3 rings (SSSR count). The summed E-state index contributed by atoms with van der Waals surface area (Å²) in [5, 5.41) is 9.82. The Labute approximate surface area is 185 Å². The number of hydrogen-bond donors (Lipinski definition) is 1. The van der Waals surface area contributed by atoms with Gasteiger partial charge in [-0.2, -0.15) is 0 Å². The first-order valence-corrected chi connectivity index (χ1v) is 10.6. The molecule has 0 fully saturated rings.